The van der Waals surface area contributed by atoms with Gasteiger partial charge in [-0.2, -0.15) is 13.2 Å². The molecule has 21 heavy (non-hydrogen) atoms. The monoisotopic (exact) mass is 397 g/mol. The van der Waals surface area contributed by atoms with E-state index in [1.165, 1.54) is 6.07 Å². The highest BCUT2D eigenvalue weighted by Crippen LogP contribution is 2.39. The van der Waals surface area contributed by atoms with E-state index in [0.717, 1.165) is 35.2 Å². The van der Waals surface area contributed by atoms with E-state index in [4.69, 9.17) is 5.11 Å². The molecule has 0 aliphatic heterocycles. The minimum Gasteiger partial charge on any atom is -0.477 e. The van der Waals surface area contributed by atoms with E-state index in [1.807, 2.05) is 0 Å². The maximum atomic E-state index is 12.6. The van der Waals surface area contributed by atoms with E-state index in [2.05, 4.69) is 20.9 Å². The number of benzene rings is 1. The summed E-state index contributed by atoms with van der Waals surface area (Å²) in [5.41, 5.74) is -0.363. The van der Waals surface area contributed by atoms with E-state index >= 15 is 0 Å². The van der Waals surface area contributed by atoms with Crippen LogP contribution in [0.1, 0.15) is 20.9 Å². The van der Waals surface area contributed by atoms with Crippen LogP contribution in [0.5, 0.6) is 0 Å². The Bertz CT molecular complexity index is 700. The molecule has 0 amide bonds. The van der Waals surface area contributed by atoms with Crippen LogP contribution < -0.4 is 0 Å². The first-order chi connectivity index (χ1) is 9.68. The fraction of sp³-hybridized carbons (Fsp3) is 0.167. The second kappa shape index (κ2) is 5.98. The quantitative estimate of drug-likeness (QED) is 0.783. The summed E-state index contributed by atoms with van der Waals surface area (Å²) in [5, 5.41) is 8.95. The molecule has 0 radical (unpaired) electrons. The maximum absolute atomic E-state index is 12.6. The first-order valence-corrected chi connectivity index (χ1v) is 7.86. The maximum Gasteiger partial charge on any atom is 0.416 e. The molecule has 112 valence electrons. The number of aryl methyl sites for hydroxylation is 1. The van der Waals surface area contributed by atoms with Crippen molar-refractivity contribution in [1.82, 2.24) is 4.98 Å². The predicted molar refractivity (Wildman–Crippen MR) is 77.1 cm³/mol. The Morgan fingerprint density at radius 1 is 1.43 bits per heavy atom. The molecule has 1 N–H and O–H groups in total. The smallest absolute Gasteiger partial charge is 0.416 e. The van der Waals surface area contributed by atoms with Gasteiger partial charge in [0.1, 0.15) is 4.88 Å². The third-order valence-electron chi connectivity index (χ3n) is 2.43. The molecule has 0 aliphatic rings. The number of alkyl halides is 3. The van der Waals surface area contributed by atoms with Crippen LogP contribution in [0.2, 0.25) is 0 Å². The second-order valence-electron chi connectivity index (χ2n) is 3.94. The van der Waals surface area contributed by atoms with Gasteiger partial charge < -0.3 is 5.11 Å². The molecule has 1 aromatic heterocycles. The van der Waals surface area contributed by atoms with Crippen LogP contribution in [0.25, 0.3) is 0 Å². The lowest BCUT2D eigenvalue weighted by molar-refractivity contribution is -0.137. The van der Waals surface area contributed by atoms with Crippen LogP contribution in [0, 0.1) is 6.92 Å². The van der Waals surface area contributed by atoms with Crippen molar-refractivity contribution in [3.63, 3.8) is 0 Å². The molecule has 0 unspecified atom stereocenters. The Morgan fingerprint density at radius 3 is 2.57 bits per heavy atom. The van der Waals surface area contributed by atoms with Crippen LogP contribution in [-0.4, -0.2) is 16.1 Å². The van der Waals surface area contributed by atoms with Crippen molar-refractivity contribution >= 4 is 45.0 Å². The lowest BCUT2D eigenvalue weighted by Gasteiger charge is -2.08. The third kappa shape index (κ3) is 3.78. The Balaban J connectivity index is 2.28. The minimum absolute atomic E-state index is 0.125. The molecule has 0 saturated carbocycles. The molecule has 9 heteroatoms. The number of aromatic nitrogens is 1. The van der Waals surface area contributed by atoms with E-state index in [9.17, 15) is 18.0 Å². The Morgan fingerprint density at radius 2 is 2.10 bits per heavy atom. The van der Waals surface area contributed by atoms with Crippen LogP contribution in [0.15, 0.2) is 31.9 Å². The fourth-order valence-electron chi connectivity index (χ4n) is 1.47. The van der Waals surface area contributed by atoms with Crippen molar-refractivity contribution < 1.29 is 23.1 Å². The third-order valence-corrected chi connectivity index (χ3v) is 5.63. The van der Waals surface area contributed by atoms with E-state index in [-0.39, 0.29) is 9.35 Å². The van der Waals surface area contributed by atoms with Crippen molar-refractivity contribution in [3.8, 4) is 0 Å². The van der Waals surface area contributed by atoms with Gasteiger partial charge in [0.15, 0.2) is 4.34 Å². The summed E-state index contributed by atoms with van der Waals surface area (Å²) in [5.74, 6) is -1.07. The molecule has 0 aliphatic carbocycles. The van der Waals surface area contributed by atoms with Crippen molar-refractivity contribution in [2.75, 3.05) is 0 Å². The fourth-order valence-corrected chi connectivity index (χ4v) is 4.08. The van der Waals surface area contributed by atoms with Gasteiger partial charge in [0, 0.05) is 9.37 Å². The summed E-state index contributed by atoms with van der Waals surface area (Å²) in [6.07, 6.45) is -4.40. The highest BCUT2D eigenvalue weighted by atomic mass is 79.9. The van der Waals surface area contributed by atoms with E-state index < -0.39 is 17.7 Å². The summed E-state index contributed by atoms with van der Waals surface area (Å²) in [6, 6.07) is 3.29. The molecule has 2 aromatic rings. The standard InChI is InChI=1S/C12H7BrF3NO2S2/c1-5-9(10(18)19)21-11(17-5)20-8-3-2-6(4-7(8)13)12(14,15)16/h2-4H,1H3,(H,18,19). The van der Waals surface area contributed by atoms with Crippen LogP contribution >= 0.6 is 39.0 Å². The Kier molecular flexibility index (Phi) is 4.64. The summed E-state index contributed by atoms with van der Waals surface area (Å²) in [7, 11) is 0. The van der Waals surface area contributed by atoms with Gasteiger partial charge in [-0.3, -0.25) is 0 Å². The number of hydrogen-bond donors (Lipinski definition) is 1. The zero-order chi connectivity index (χ0) is 15.8. The highest BCUT2D eigenvalue weighted by molar-refractivity contribution is 9.10. The van der Waals surface area contributed by atoms with Gasteiger partial charge in [-0.1, -0.05) is 11.8 Å². The molecule has 0 saturated heterocycles. The van der Waals surface area contributed by atoms with Gasteiger partial charge in [-0.15, -0.1) is 11.3 Å². The number of rotatable bonds is 3. The molecule has 0 atom stereocenters. The van der Waals surface area contributed by atoms with Crippen LogP contribution in [0.3, 0.4) is 0 Å². The number of carbonyl (C=O) groups is 1. The number of thiazole rings is 1. The molecule has 0 spiro atoms. The predicted octanol–water partition coefficient (Wildman–Crippen LogP) is 5.08. The van der Waals surface area contributed by atoms with E-state index in [0.29, 0.717) is 14.9 Å². The van der Waals surface area contributed by atoms with Gasteiger partial charge in [-0.05, 0) is 41.1 Å². The topological polar surface area (TPSA) is 50.2 Å². The summed E-state index contributed by atoms with van der Waals surface area (Å²) >= 11 is 5.20. The average molecular weight is 398 g/mol. The van der Waals surface area contributed by atoms with Gasteiger partial charge >= 0.3 is 12.1 Å². The van der Waals surface area contributed by atoms with Crippen molar-refractivity contribution in [2.45, 2.75) is 22.3 Å². The van der Waals surface area contributed by atoms with Gasteiger partial charge in [0.2, 0.25) is 0 Å². The second-order valence-corrected chi connectivity index (χ2v) is 7.09. The number of carboxylic acid groups (broad SMARTS) is 1. The number of nitrogens with zero attached hydrogens (tertiary/aromatic N) is 1. The number of halogens is 4. The first kappa shape index (κ1) is 16.3. The number of aromatic carboxylic acids is 1. The molecule has 0 fully saturated rings. The SMILES string of the molecule is Cc1nc(Sc2ccc(C(F)(F)F)cc2Br)sc1C(=O)O. The zero-order valence-corrected chi connectivity index (χ0v) is 13.6. The lowest BCUT2D eigenvalue weighted by Crippen LogP contribution is -2.04. The van der Waals surface area contributed by atoms with Crippen molar-refractivity contribution in [2.24, 2.45) is 0 Å². The molecule has 3 nitrogen and oxygen atoms in total. The average Bonchev–Trinajstić information content (AvgIpc) is 2.71. The minimum atomic E-state index is -4.40. The first-order valence-electron chi connectivity index (χ1n) is 5.44. The number of carboxylic acids is 1. The summed E-state index contributed by atoms with van der Waals surface area (Å²) in [4.78, 5) is 15.7. The van der Waals surface area contributed by atoms with E-state index in [1.54, 1.807) is 6.92 Å². The highest BCUT2D eigenvalue weighted by Gasteiger charge is 2.31. The molecular formula is C12H7BrF3NO2S2. The molecule has 1 aromatic carbocycles. The molecule has 1 heterocycles. The normalized spacial score (nSPS) is 11.7. The van der Waals surface area contributed by atoms with Gasteiger partial charge in [-0.25, -0.2) is 9.78 Å². The van der Waals surface area contributed by atoms with Crippen molar-refractivity contribution in [3.05, 3.63) is 38.8 Å². The molecular weight excluding hydrogens is 391 g/mol. The zero-order valence-electron chi connectivity index (χ0n) is 10.4. The lowest BCUT2D eigenvalue weighted by atomic mass is 10.2. The van der Waals surface area contributed by atoms with Crippen molar-refractivity contribution in [1.29, 1.82) is 0 Å². The Hall–Kier alpha value is -1.06. The summed E-state index contributed by atoms with van der Waals surface area (Å²) < 4.78 is 38.5. The Labute approximate surface area is 134 Å². The largest absolute Gasteiger partial charge is 0.477 e. The summed E-state index contributed by atoms with van der Waals surface area (Å²) in [6.45, 7) is 1.58. The molecule has 0 bridgehead atoms. The van der Waals surface area contributed by atoms with Crippen LogP contribution in [0.4, 0.5) is 13.2 Å². The van der Waals surface area contributed by atoms with Crippen LogP contribution in [-0.2, 0) is 6.18 Å². The van der Waals surface area contributed by atoms with Gasteiger partial charge in [0.05, 0.1) is 11.3 Å². The molecule has 2 rings (SSSR count). The number of hydrogen-bond acceptors (Lipinski definition) is 4. The van der Waals surface area contributed by atoms with Gasteiger partial charge in [0.25, 0.3) is 0 Å².